The number of carbonyl (C=O) groups is 4. The van der Waals surface area contributed by atoms with Gasteiger partial charge in [-0.1, -0.05) is 54.6 Å². The molecule has 2 aromatic rings. The van der Waals surface area contributed by atoms with E-state index in [1.807, 2.05) is 66.7 Å². The van der Waals surface area contributed by atoms with Crippen LogP contribution in [0.3, 0.4) is 0 Å². The lowest BCUT2D eigenvalue weighted by atomic mass is 9.74. The van der Waals surface area contributed by atoms with Gasteiger partial charge in [0.1, 0.15) is 23.7 Å². The molecule has 4 aliphatic rings. The predicted octanol–water partition coefficient (Wildman–Crippen LogP) is 3.15. The Morgan fingerprint density at radius 3 is 2.44 bits per heavy atom. The molecule has 2 N–H and O–H groups in total. The van der Waals surface area contributed by atoms with Crippen LogP contribution >= 0.6 is 0 Å². The molecule has 2 aromatic carbocycles. The summed E-state index contributed by atoms with van der Waals surface area (Å²) in [6.07, 6.45) is 6.62. The van der Waals surface area contributed by atoms with E-state index in [2.05, 4.69) is 24.1 Å². The topological polar surface area (TPSA) is 129 Å². The third kappa shape index (κ3) is 6.12. The van der Waals surface area contributed by atoms with Gasteiger partial charge in [0.2, 0.25) is 11.8 Å². The first-order valence-electron chi connectivity index (χ1n) is 16.9. The summed E-state index contributed by atoms with van der Waals surface area (Å²) in [6.45, 7) is 6.06. The van der Waals surface area contributed by atoms with E-state index in [0.29, 0.717) is 17.7 Å². The highest BCUT2D eigenvalue weighted by atomic mass is 16.6. The van der Waals surface area contributed by atoms with E-state index in [4.69, 9.17) is 9.47 Å². The van der Waals surface area contributed by atoms with Crippen molar-refractivity contribution in [1.29, 1.82) is 0 Å². The molecule has 2 saturated heterocycles. The van der Waals surface area contributed by atoms with Crippen molar-refractivity contribution in [1.82, 2.24) is 10.2 Å². The number of fused-ring (bicyclic) bond motifs is 2. The van der Waals surface area contributed by atoms with Crippen LogP contribution in [-0.2, 0) is 28.7 Å². The van der Waals surface area contributed by atoms with Gasteiger partial charge in [-0.05, 0) is 56.5 Å². The molecular formula is C37H44N4O7. The standard InChI is InChI=1S/C37H44N4O7/c1-3-39(4-2)26-15-17-27(18-16-26)40-21-10-6-9-14-30(43)38-24-29(25-12-7-5-8-13-25)47-36(46)31-28-19-20-37(48-28)32(31)34(44)41(22-11-23-42)33(37)35(40)45/h5-8,10,12-13,15-20,28-29,31-33,42H,3-4,9,11,14,21-24H2,1-2H3,(H,38,43)/b10-6-/t28-,29-,31+,32+,33-,37+/m1/s1. The second-order valence-corrected chi connectivity index (χ2v) is 12.6. The molecule has 48 heavy (non-hydrogen) atoms. The van der Waals surface area contributed by atoms with E-state index in [1.54, 1.807) is 17.1 Å². The summed E-state index contributed by atoms with van der Waals surface area (Å²) in [5.74, 6) is -3.54. The van der Waals surface area contributed by atoms with Crippen LogP contribution in [0.5, 0.6) is 0 Å². The lowest BCUT2D eigenvalue weighted by Crippen LogP contribution is -2.56. The molecule has 11 nitrogen and oxygen atoms in total. The van der Waals surface area contributed by atoms with Crippen LogP contribution in [0.1, 0.15) is 44.8 Å². The molecule has 6 rings (SSSR count). The predicted molar refractivity (Wildman–Crippen MR) is 180 cm³/mol. The number of anilines is 2. The van der Waals surface area contributed by atoms with Crippen LogP contribution in [0.25, 0.3) is 0 Å². The van der Waals surface area contributed by atoms with Crippen molar-refractivity contribution in [2.45, 2.75) is 57.0 Å². The fourth-order valence-electron chi connectivity index (χ4n) is 7.52. The minimum atomic E-state index is -1.38. The van der Waals surface area contributed by atoms with E-state index in [0.717, 1.165) is 18.8 Å². The van der Waals surface area contributed by atoms with Crippen molar-refractivity contribution in [3.8, 4) is 0 Å². The maximum Gasteiger partial charge on any atom is 0.313 e. The molecule has 0 unspecified atom stereocenters. The average Bonchev–Trinajstić information content (AvgIpc) is 3.75. The van der Waals surface area contributed by atoms with Crippen LogP contribution in [0.15, 0.2) is 78.9 Å². The average molecular weight is 657 g/mol. The Hall–Kier alpha value is -4.48. The zero-order chi connectivity index (χ0) is 33.8. The Morgan fingerprint density at radius 2 is 1.73 bits per heavy atom. The van der Waals surface area contributed by atoms with Gasteiger partial charge >= 0.3 is 5.97 Å². The van der Waals surface area contributed by atoms with Crippen molar-refractivity contribution in [2.24, 2.45) is 11.8 Å². The largest absolute Gasteiger partial charge is 0.455 e. The number of esters is 1. The summed E-state index contributed by atoms with van der Waals surface area (Å²) in [7, 11) is 0. The molecule has 3 amide bonds. The second-order valence-electron chi connectivity index (χ2n) is 12.6. The summed E-state index contributed by atoms with van der Waals surface area (Å²) in [5, 5.41) is 12.6. The quantitative estimate of drug-likeness (QED) is 0.328. The molecule has 0 aliphatic carbocycles. The normalized spacial score (nSPS) is 29.5. The van der Waals surface area contributed by atoms with Crippen molar-refractivity contribution in [3.05, 3.63) is 84.5 Å². The summed E-state index contributed by atoms with van der Waals surface area (Å²) < 4.78 is 12.6. The van der Waals surface area contributed by atoms with E-state index in [1.165, 1.54) is 4.90 Å². The summed E-state index contributed by atoms with van der Waals surface area (Å²) in [6, 6.07) is 15.8. The summed E-state index contributed by atoms with van der Waals surface area (Å²) in [5.41, 5.74) is 0.990. The fraction of sp³-hybridized carbons (Fsp3) is 0.459. The number of nitrogens with zero attached hydrogens (tertiary/aromatic N) is 3. The van der Waals surface area contributed by atoms with Crippen molar-refractivity contribution < 1.29 is 33.8 Å². The Kier molecular flexibility index (Phi) is 9.98. The molecule has 2 fully saturated rings. The number of amides is 3. The van der Waals surface area contributed by atoms with Gasteiger partial charge in [0.05, 0.1) is 18.6 Å². The molecule has 1 spiro atoms. The Bertz CT molecular complexity index is 1560. The van der Waals surface area contributed by atoms with Crippen LogP contribution in [-0.4, -0.2) is 90.8 Å². The van der Waals surface area contributed by atoms with E-state index in [-0.39, 0.29) is 56.8 Å². The molecule has 11 heteroatoms. The minimum Gasteiger partial charge on any atom is -0.455 e. The maximum absolute atomic E-state index is 14.9. The molecule has 0 aromatic heterocycles. The Morgan fingerprint density at radius 1 is 0.979 bits per heavy atom. The van der Waals surface area contributed by atoms with Crippen LogP contribution in [0, 0.1) is 11.8 Å². The number of carbonyl (C=O) groups excluding carboxylic acids is 4. The first-order chi connectivity index (χ1) is 23.3. The summed E-state index contributed by atoms with van der Waals surface area (Å²) in [4.78, 5) is 61.4. The van der Waals surface area contributed by atoms with Gasteiger partial charge < -0.3 is 34.6 Å². The second kappa shape index (κ2) is 14.3. The number of allylic oxidation sites excluding steroid dienone is 1. The van der Waals surface area contributed by atoms with E-state index < -0.39 is 41.7 Å². The smallest absolute Gasteiger partial charge is 0.313 e. The van der Waals surface area contributed by atoms with E-state index >= 15 is 0 Å². The third-order valence-corrected chi connectivity index (χ3v) is 9.90. The van der Waals surface area contributed by atoms with E-state index in [9.17, 15) is 24.3 Å². The molecule has 254 valence electrons. The number of hydrogen-bond donors (Lipinski definition) is 2. The van der Waals surface area contributed by atoms with Crippen molar-refractivity contribution in [3.63, 3.8) is 0 Å². The molecule has 0 radical (unpaired) electrons. The number of ether oxygens (including phenoxy) is 2. The number of rotatable bonds is 8. The monoisotopic (exact) mass is 656 g/mol. The Labute approximate surface area is 281 Å². The van der Waals surface area contributed by atoms with Crippen molar-refractivity contribution >= 4 is 35.1 Å². The minimum absolute atomic E-state index is 0.0666. The van der Waals surface area contributed by atoms with Gasteiger partial charge in [-0.2, -0.15) is 0 Å². The zero-order valence-electron chi connectivity index (χ0n) is 27.5. The molecule has 6 atom stereocenters. The first-order valence-corrected chi connectivity index (χ1v) is 16.9. The number of nitrogens with one attached hydrogen (secondary N) is 1. The highest BCUT2D eigenvalue weighted by Crippen LogP contribution is 2.56. The number of aliphatic hydroxyl groups excluding tert-OH is 1. The van der Waals surface area contributed by atoms with Gasteiger partial charge in [0.15, 0.2) is 0 Å². The number of likely N-dealkylation sites (tertiary alicyclic amines) is 1. The molecule has 5 bridgehead atoms. The van der Waals surface area contributed by atoms with Crippen molar-refractivity contribution in [2.75, 3.05) is 49.1 Å². The first kappa shape index (κ1) is 33.4. The van der Waals surface area contributed by atoms with Gasteiger partial charge in [-0.15, -0.1) is 0 Å². The molecule has 0 saturated carbocycles. The lowest BCUT2D eigenvalue weighted by molar-refractivity contribution is -0.159. The molecule has 4 aliphatic heterocycles. The van der Waals surface area contributed by atoms with Crippen LogP contribution < -0.4 is 15.1 Å². The number of cyclic esters (lactones) is 1. The highest BCUT2D eigenvalue weighted by molar-refractivity contribution is 6.05. The zero-order valence-corrected chi connectivity index (χ0v) is 27.5. The number of aliphatic hydroxyl groups is 1. The Balaban J connectivity index is 1.40. The lowest BCUT2D eigenvalue weighted by Gasteiger charge is -2.36. The van der Waals surface area contributed by atoms with Gasteiger partial charge in [-0.3, -0.25) is 19.2 Å². The SMILES string of the molecule is CCN(CC)c1ccc(N2C/C=C\CCC(=O)NC[C@H](c3ccccc3)OC(=O)[C@@H]3[C@H]4C(=O)N(CCCO)[C@H](C2=O)[C@]42C=C[C@H]3O2)cc1. The van der Waals surface area contributed by atoms with Gasteiger partial charge in [-0.25, -0.2) is 0 Å². The van der Waals surface area contributed by atoms with Gasteiger partial charge in [0.25, 0.3) is 5.91 Å². The highest BCUT2D eigenvalue weighted by Gasteiger charge is 2.73. The number of benzene rings is 2. The molecular weight excluding hydrogens is 612 g/mol. The van der Waals surface area contributed by atoms with Crippen LogP contribution in [0.2, 0.25) is 0 Å². The number of hydrogen-bond acceptors (Lipinski definition) is 8. The molecule has 4 heterocycles. The van der Waals surface area contributed by atoms with Gasteiger partial charge in [0, 0.05) is 50.6 Å². The fourth-order valence-corrected chi connectivity index (χ4v) is 7.52. The van der Waals surface area contributed by atoms with Crippen LogP contribution in [0.4, 0.5) is 11.4 Å². The maximum atomic E-state index is 14.9. The third-order valence-electron chi connectivity index (χ3n) is 9.90. The summed E-state index contributed by atoms with van der Waals surface area (Å²) >= 11 is 0.